The van der Waals surface area contributed by atoms with Gasteiger partial charge in [0.05, 0.1) is 17.6 Å². The summed E-state index contributed by atoms with van der Waals surface area (Å²) in [5.74, 6) is 1.35. The van der Waals surface area contributed by atoms with Crippen molar-refractivity contribution in [3.63, 3.8) is 0 Å². The lowest BCUT2D eigenvalue weighted by molar-refractivity contribution is 0.356. The molecule has 2 bridgehead atoms. The molecule has 0 radical (unpaired) electrons. The molecule has 2 unspecified atom stereocenters. The first kappa shape index (κ1) is 10.0. The molecule has 2 N–H and O–H groups in total. The maximum atomic E-state index is 6.20. The summed E-state index contributed by atoms with van der Waals surface area (Å²) in [4.78, 5) is 2.42. The van der Waals surface area contributed by atoms with Crippen molar-refractivity contribution in [2.75, 3.05) is 18.0 Å². The molecule has 2 aliphatic rings. The van der Waals surface area contributed by atoms with E-state index in [1.54, 1.807) is 0 Å². The molecular formula is C12H18N4. The summed E-state index contributed by atoms with van der Waals surface area (Å²) in [6.07, 6.45) is 4.45. The fourth-order valence-corrected chi connectivity index (χ4v) is 3.11. The van der Waals surface area contributed by atoms with Crippen molar-refractivity contribution in [2.24, 2.45) is 17.6 Å². The van der Waals surface area contributed by atoms with Crippen LogP contribution in [0.15, 0.2) is 12.3 Å². The highest BCUT2D eigenvalue weighted by atomic mass is 15.2. The Morgan fingerprint density at radius 1 is 1.31 bits per heavy atom. The minimum Gasteiger partial charge on any atom is -0.370 e. The smallest absolute Gasteiger partial charge is 0.0730 e. The Bertz CT molecular complexity index is 378. The molecule has 3 atom stereocenters. The van der Waals surface area contributed by atoms with Gasteiger partial charge in [0.15, 0.2) is 0 Å². The number of nitrogens with two attached hydrogens (primary N) is 1. The summed E-state index contributed by atoms with van der Waals surface area (Å²) >= 11 is 0. The van der Waals surface area contributed by atoms with E-state index in [4.69, 9.17) is 5.73 Å². The largest absolute Gasteiger partial charge is 0.370 e. The van der Waals surface area contributed by atoms with E-state index in [0.717, 1.165) is 18.8 Å². The van der Waals surface area contributed by atoms with Crippen LogP contribution in [0.2, 0.25) is 0 Å². The highest BCUT2D eigenvalue weighted by molar-refractivity contribution is 5.45. The van der Waals surface area contributed by atoms with Crippen LogP contribution < -0.4 is 10.6 Å². The van der Waals surface area contributed by atoms with Gasteiger partial charge in [-0.25, -0.2) is 0 Å². The first-order valence-corrected chi connectivity index (χ1v) is 6.04. The maximum absolute atomic E-state index is 6.20. The van der Waals surface area contributed by atoms with Crippen LogP contribution in [0, 0.1) is 18.8 Å². The molecule has 0 spiro atoms. The average molecular weight is 218 g/mol. The molecule has 2 fully saturated rings. The summed E-state index contributed by atoms with van der Waals surface area (Å²) < 4.78 is 0. The van der Waals surface area contributed by atoms with E-state index in [9.17, 15) is 0 Å². The van der Waals surface area contributed by atoms with Gasteiger partial charge in [0.2, 0.25) is 0 Å². The molecule has 1 aliphatic carbocycles. The number of nitrogens with zero attached hydrogens (tertiary/aromatic N) is 3. The van der Waals surface area contributed by atoms with Gasteiger partial charge in [0, 0.05) is 19.1 Å². The van der Waals surface area contributed by atoms with Crippen molar-refractivity contribution in [3.8, 4) is 0 Å². The molecule has 3 rings (SSSR count). The Balaban J connectivity index is 1.83. The Labute approximate surface area is 95.8 Å². The van der Waals surface area contributed by atoms with Crippen molar-refractivity contribution in [1.82, 2.24) is 10.2 Å². The van der Waals surface area contributed by atoms with Crippen LogP contribution >= 0.6 is 0 Å². The third kappa shape index (κ3) is 1.57. The third-order valence-electron chi connectivity index (χ3n) is 4.03. The zero-order valence-corrected chi connectivity index (χ0v) is 9.63. The van der Waals surface area contributed by atoms with Crippen LogP contribution in [0.4, 0.5) is 5.69 Å². The standard InChI is InChI=1S/C12H18N4/c1-8-4-11(5-14-15-8)16-6-9-2-3-10(7-16)12(9)13/h4-5,9-10,12H,2-3,6-7,13H2,1H3/t9-,10?,12?/m0/s1. The second-order valence-electron chi connectivity index (χ2n) is 5.13. The molecule has 1 saturated carbocycles. The lowest BCUT2D eigenvalue weighted by Crippen LogP contribution is -2.48. The topological polar surface area (TPSA) is 55.0 Å². The lowest BCUT2D eigenvalue weighted by atomic mass is 9.93. The Morgan fingerprint density at radius 3 is 2.62 bits per heavy atom. The number of anilines is 1. The second-order valence-corrected chi connectivity index (χ2v) is 5.13. The predicted molar refractivity (Wildman–Crippen MR) is 63.2 cm³/mol. The van der Waals surface area contributed by atoms with Crippen molar-refractivity contribution < 1.29 is 0 Å². The molecule has 1 saturated heterocycles. The number of piperidine rings is 1. The van der Waals surface area contributed by atoms with Crippen molar-refractivity contribution in [2.45, 2.75) is 25.8 Å². The number of fused-ring (bicyclic) bond motifs is 2. The molecular weight excluding hydrogens is 200 g/mol. The number of aryl methyl sites for hydroxylation is 1. The van der Waals surface area contributed by atoms with E-state index in [1.807, 2.05) is 13.1 Å². The zero-order chi connectivity index (χ0) is 11.1. The molecule has 1 aromatic heterocycles. The SMILES string of the molecule is Cc1cc(N2CC3CC[C@@H](C2)C3N)cnn1. The van der Waals surface area contributed by atoms with Gasteiger partial charge in [0.1, 0.15) is 0 Å². The lowest BCUT2D eigenvalue weighted by Gasteiger charge is -2.37. The van der Waals surface area contributed by atoms with E-state index in [-0.39, 0.29) is 0 Å². The second kappa shape index (κ2) is 3.70. The predicted octanol–water partition coefficient (Wildman–Crippen LogP) is 0.959. The van der Waals surface area contributed by atoms with Gasteiger partial charge in [-0.1, -0.05) is 0 Å². The van der Waals surface area contributed by atoms with Crippen molar-refractivity contribution >= 4 is 5.69 Å². The first-order valence-electron chi connectivity index (χ1n) is 6.04. The normalized spacial score (nSPS) is 33.1. The highest BCUT2D eigenvalue weighted by Gasteiger charge is 2.39. The van der Waals surface area contributed by atoms with Crippen LogP contribution in [-0.4, -0.2) is 29.3 Å². The monoisotopic (exact) mass is 218 g/mol. The molecule has 4 nitrogen and oxygen atoms in total. The Morgan fingerprint density at radius 2 is 2.00 bits per heavy atom. The average Bonchev–Trinajstić information content (AvgIpc) is 2.53. The van der Waals surface area contributed by atoms with E-state index in [0.29, 0.717) is 17.9 Å². The van der Waals surface area contributed by atoms with Gasteiger partial charge in [0.25, 0.3) is 0 Å². The minimum absolute atomic E-state index is 0.423. The number of rotatable bonds is 1. The fraction of sp³-hybridized carbons (Fsp3) is 0.667. The van der Waals surface area contributed by atoms with Gasteiger partial charge in [-0.15, -0.1) is 0 Å². The molecule has 1 aromatic rings. The summed E-state index contributed by atoms with van der Waals surface area (Å²) in [5.41, 5.74) is 8.39. The molecule has 1 aliphatic heterocycles. The molecule has 2 heterocycles. The van der Waals surface area contributed by atoms with Crippen LogP contribution in [0.5, 0.6) is 0 Å². The summed E-state index contributed by atoms with van der Waals surface area (Å²) in [6, 6.07) is 2.54. The molecule has 4 heteroatoms. The molecule has 86 valence electrons. The van der Waals surface area contributed by atoms with Gasteiger partial charge in [-0.3, -0.25) is 0 Å². The van der Waals surface area contributed by atoms with Gasteiger partial charge < -0.3 is 10.6 Å². The summed E-state index contributed by atoms with van der Waals surface area (Å²) in [5, 5.41) is 8.03. The summed E-state index contributed by atoms with van der Waals surface area (Å²) in [6.45, 7) is 4.16. The molecule has 16 heavy (non-hydrogen) atoms. The van der Waals surface area contributed by atoms with E-state index in [2.05, 4.69) is 21.2 Å². The van der Waals surface area contributed by atoms with Gasteiger partial charge in [-0.2, -0.15) is 10.2 Å². The number of hydrogen-bond donors (Lipinski definition) is 1. The molecule has 0 aromatic carbocycles. The maximum Gasteiger partial charge on any atom is 0.0730 e. The summed E-state index contributed by atoms with van der Waals surface area (Å²) in [7, 11) is 0. The Kier molecular flexibility index (Phi) is 2.32. The van der Waals surface area contributed by atoms with Crippen molar-refractivity contribution in [3.05, 3.63) is 18.0 Å². The van der Waals surface area contributed by atoms with Gasteiger partial charge in [-0.05, 0) is 37.7 Å². The van der Waals surface area contributed by atoms with E-state index >= 15 is 0 Å². The molecule has 0 amide bonds. The fourth-order valence-electron chi connectivity index (χ4n) is 3.11. The minimum atomic E-state index is 0.423. The number of aromatic nitrogens is 2. The van der Waals surface area contributed by atoms with Crippen molar-refractivity contribution in [1.29, 1.82) is 0 Å². The quantitative estimate of drug-likeness (QED) is 0.762. The highest BCUT2D eigenvalue weighted by Crippen LogP contribution is 2.37. The third-order valence-corrected chi connectivity index (χ3v) is 4.03. The van der Waals surface area contributed by atoms with Gasteiger partial charge >= 0.3 is 0 Å². The van der Waals surface area contributed by atoms with E-state index in [1.165, 1.54) is 18.5 Å². The Hall–Kier alpha value is -1.16. The zero-order valence-electron chi connectivity index (χ0n) is 9.63. The van der Waals surface area contributed by atoms with E-state index < -0.39 is 0 Å². The van der Waals surface area contributed by atoms with Crippen LogP contribution in [0.1, 0.15) is 18.5 Å². The number of hydrogen-bond acceptors (Lipinski definition) is 4. The first-order chi connectivity index (χ1) is 7.74. The van der Waals surface area contributed by atoms with Crippen LogP contribution in [0.3, 0.4) is 0 Å². The van der Waals surface area contributed by atoms with Crippen LogP contribution in [0.25, 0.3) is 0 Å². The van der Waals surface area contributed by atoms with Crippen LogP contribution in [-0.2, 0) is 0 Å².